The van der Waals surface area contributed by atoms with Crippen LogP contribution in [0.15, 0.2) is 53.6 Å². The van der Waals surface area contributed by atoms with Gasteiger partial charge in [-0.25, -0.2) is 18.5 Å². The number of carbonyl (C=O) groups is 1. The summed E-state index contributed by atoms with van der Waals surface area (Å²) < 4.78 is 37.9. The number of hydrogen-bond acceptors (Lipinski definition) is 7. The first-order chi connectivity index (χ1) is 16.2. The smallest absolute Gasteiger partial charge is 0.260 e. The van der Waals surface area contributed by atoms with Crippen molar-refractivity contribution in [1.82, 2.24) is 15.2 Å². The van der Waals surface area contributed by atoms with E-state index in [-0.39, 0.29) is 16.6 Å². The van der Waals surface area contributed by atoms with Gasteiger partial charge in [0.15, 0.2) is 5.15 Å². The average molecular weight is 506 g/mol. The van der Waals surface area contributed by atoms with Crippen LogP contribution in [0.1, 0.15) is 11.3 Å². The van der Waals surface area contributed by atoms with E-state index in [1.165, 1.54) is 26.5 Å². The lowest BCUT2D eigenvalue weighted by Crippen LogP contribution is -2.39. The fourth-order valence-corrected chi connectivity index (χ4v) is 4.27. The van der Waals surface area contributed by atoms with E-state index in [9.17, 15) is 13.2 Å². The van der Waals surface area contributed by atoms with Crippen LogP contribution in [0.3, 0.4) is 0 Å². The molecule has 0 bridgehead atoms. The monoisotopic (exact) mass is 505 g/mol. The zero-order valence-electron chi connectivity index (χ0n) is 19.0. The molecule has 0 saturated carbocycles. The van der Waals surface area contributed by atoms with Crippen LogP contribution in [0.25, 0.3) is 5.69 Å². The molecule has 1 aromatic heterocycles. The van der Waals surface area contributed by atoms with Crippen LogP contribution in [-0.2, 0) is 14.8 Å². The van der Waals surface area contributed by atoms with E-state index in [1.54, 1.807) is 16.8 Å². The maximum Gasteiger partial charge on any atom is 0.260 e. The molecule has 10 nitrogen and oxygen atoms in total. The van der Waals surface area contributed by atoms with Crippen LogP contribution in [0, 0.1) is 6.92 Å². The van der Waals surface area contributed by atoms with Gasteiger partial charge in [-0.2, -0.15) is 10.2 Å². The van der Waals surface area contributed by atoms with Crippen molar-refractivity contribution in [3.63, 3.8) is 0 Å². The molecular weight excluding hydrogens is 482 g/mol. The van der Waals surface area contributed by atoms with E-state index in [0.29, 0.717) is 17.0 Å². The molecule has 0 unspecified atom stereocenters. The number of amides is 1. The van der Waals surface area contributed by atoms with Crippen LogP contribution in [0.2, 0.25) is 5.15 Å². The van der Waals surface area contributed by atoms with E-state index < -0.39 is 22.5 Å². The van der Waals surface area contributed by atoms with E-state index in [2.05, 4.69) is 15.6 Å². The number of carbonyl (C=O) groups excluding carboxylic acids is 1. The number of ether oxygens (including phenoxy) is 2. The minimum absolute atomic E-state index is 0.159. The molecule has 180 valence electrons. The molecule has 0 radical (unpaired) electrons. The van der Waals surface area contributed by atoms with Gasteiger partial charge in [0, 0.05) is 6.07 Å². The van der Waals surface area contributed by atoms with Crippen LogP contribution < -0.4 is 19.2 Å². The number of hydrazone groups is 1. The summed E-state index contributed by atoms with van der Waals surface area (Å²) in [5, 5.41) is 8.44. The number of rotatable bonds is 9. The molecule has 0 saturated heterocycles. The maximum atomic E-state index is 12.6. The van der Waals surface area contributed by atoms with Crippen LogP contribution >= 0.6 is 11.6 Å². The molecule has 0 aliphatic heterocycles. The summed E-state index contributed by atoms with van der Waals surface area (Å²) in [6.45, 7) is 1.28. The quantitative estimate of drug-likeness (QED) is 0.353. The molecule has 1 heterocycles. The zero-order chi connectivity index (χ0) is 24.9. The van der Waals surface area contributed by atoms with Crippen LogP contribution in [0.5, 0.6) is 11.5 Å². The molecule has 0 atom stereocenters. The summed E-state index contributed by atoms with van der Waals surface area (Å²) in [5.74, 6) is -0.00235. The first kappa shape index (κ1) is 25.1. The third-order valence-electron chi connectivity index (χ3n) is 4.84. The molecule has 12 heteroatoms. The van der Waals surface area contributed by atoms with Crippen molar-refractivity contribution in [3.8, 4) is 17.2 Å². The number of methoxy groups -OCH3 is 2. The number of sulfonamides is 1. The maximum absolute atomic E-state index is 12.6. The summed E-state index contributed by atoms with van der Waals surface area (Å²) >= 11 is 6.25. The van der Waals surface area contributed by atoms with E-state index in [4.69, 9.17) is 21.1 Å². The SMILES string of the molecule is COc1ccc(OC)c(N(CC(=O)N/N=C\c2c(Cl)nn(-c3ccccc3)c2C)S(C)(=O)=O)c1. The third kappa shape index (κ3) is 5.67. The van der Waals surface area contributed by atoms with Gasteiger partial charge >= 0.3 is 0 Å². The predicted molar refractivity (Wildman–Crippen MR) is 131 cm³/mol. The molecule has 0 aliphatic rings. The number of benzene rings is 2. The second-order valence-corrected chi connectivity index (χ2v) is 9.40. The average Bonchev–Trinajstić information content (AvgIpc) is 3.10. The van der Waals surface area contributed by atoms with Gasteiger partial charge in [-0.15, -0.1) is 0 Å². The fourth-order valence-electron chi connectivity index (χ4n) is 3.15. The molecule has 1 N–H and O–H groups in total. The molecule has 0 spiro atoms. The van der Waals surface area contributed by atoms with Crippen LogP contribution in [-0.4, -0.2) is 57.3 Å². The summed E-state index contributed by atoms with van der Waals surface area (Å²) in [6, 6.07) is 14.1. The lowest BCUT2D eigenvalue weighted by Gasteiger charge is -2.23. The second-order valence-electron chi connectivity index (χ2n) is 7.14. The minimum atomic E-state index is -3.84. The Morgan fingerprint density at radius 2 is 1.91 bits per heavy atom. The van der Waals surface area contributed by atoms with Crippen LogP contribution in [0.4, 0.5) is 5.69 Å². The second kappa shape index (κ2) is 10.6. The van der Waals surface area contributed by atoms with Crippen molar-refractivity contribution in [2.24, 2.45) is 5.10 Å². The lowest BCUT2D eigenvalue weighted by atomic mass is 10.2. The highest BCUT2D eigenvalue weighted by atomic mass is 35.5. The molecule has 3 rings (SSSR count). The summed E-state index contributed by atoms with van der Waals surface area (Å²) in [7, 11) is -0.988. The van der Waals surface area contributed by atoms with Gasteiger partial charge in [0.25, 0.3) is 5.91 Å². The summed E-state index contributed by atoms with van der Waals surface area (Å²) in [6.07, 6.45) is 2.35. The Hall–Kier alpha value is -3.57. The van der Waals surface area contributed by atoms with Gasteiger partial charge in [-0.3, -0.25) is 9.10 Å². The Balaban J connectivity index is 1.79. The molecular formula is C22H24ClN5O5S. The van der Waals surface area contributed by atoms with Gasteiger partial charge in [0.05, 0.1) is 49.3 Å². The predicted octanol–water partition coefficient (Wildman–Crippen LogP) is 2.77. The summed E-state index contributed by atoms with van der Waals surface area (Å²) in [4.78, 5) is 12.6. The van der Waals surface area contributed by atoms with Crippen molar-refractivity contribution in [3.05, 3.63) is 64.9 Å². The Morgan fingerprint density at radius 1 is 1.21 bits per heavy atom. The normalized spacial score (nSPS) is 11.4. The first-order valence-corrected chi connectivity index (χ1v) is 12.2. The third-order valence-corrected chi connectivity index (χ3v) is 6.25. The molecule has 0 aliphatic carbocycles. The molecule has 34 heavy (non-hydrogen) atoms. The number of aromatic nitrogens is 2. The molecule has 2 aromatic carbocycles. The highest BCUT2D eigenvalue weighted by Gasteiger charge is 2.24. The summed E-state index contributed by atoms with van der Waals surface area (Å²) in [5.41, 5.74) is 4.54. The number of hydrogen-bond donors (Lipinski definition) is 1. The zero-order valence-corrected chi connectivity index (χ0v) is 20.6. The van der Waals surface area contributed by atoms with Gasteiger partial charge in [-0.05, 0) is 31.2 Å². The number of nitrogens with one attached hydrogen (secondary N) is 1. The highest BCUT2D eigenvalue weighted by Crippen LogP contribution is 2.33. The van der Waals surface area contributed by atoms with Crippen molar-refractivity contribution in [2.75, 3.05) is 31.3 Å². The van der Waals surface area contributed by atoms with E-state index >= 15 is 0 Å². The van der Waals surface area contributed by atoms with Crippen molar-refractivity contribution >= 4 is 39.4 Å². The van der Waals surface area contributed by atoms with E-state index in [1.807, 2.05) is 37.3 Å². The Kier molecular flexibility index (Phi) is 7.79. The van der Waals surface area contributed by atoms with E-state index in [0.717, 1.165) is 16.2 Å². The van der Waals surface area contributed by atoms with Crippen molar-refractivity contribution in [1.29, 1.82) is 0 Å². The van der Waals surface area contributed by atoms with Gasteiger partial charge < -0.3 is 9.47 Å². The molecule has 1 amide bonds. The molecule has 0 fully saturated rings. The lowest BCUT2D eigenvalue weighted by molar-refractivity contribution is -0.119. The Labute approximate surface area is 202 Å². The van der Waals surface area contributed by atoms with Gasteiger partial charge in [0.2, 0.25) is 10.0 Å². The minimum Gasteiger partial charge on any atom is -0.497 e. The van der Waals surface area contributed by atoms with Crippen molar-refractivity contribution < 1.29 is 22.7 Å². The first-order valence-electron chi connectivity index (χ1n) is 9.98. The number of nitrogens with zero attached hydrogens (tertiary/aromatic N) is 4. The standard InChI is InChI=1S/C22H24ClN5O5S/c1-15-18(22(23)26-28(15)16-8-6-5-7-9-16)13-24-25-21(29)14-27(34(4,30)31)19-12-17(32-2)10-11-20(19)33-3/h5-13H,14H2,1-4H3,(H,25,29)/b24-13-. The highest BCUT2D eigenvalue weighted by molar-refractivity contribution is 7.92. The number of anilines is 1. The Morgan fingerprint density at radius 3 is 2.53 bits per heavy atom. The largest absolute Gasteiger partial charge is 0.497 e. The Bertz CT molecular complexity index is 1310. The van der Waals surface area contributed by atoms with Gasteiger partial charge in [-0.1, -0.05) is 29.8 Å². The van der Waals surface area contributed by atoms with Gasteiger partial charge in [0.1, 0.15) is 18.0 Å². The molecule has 3 aromatic rings. The number of para-hydroxylation sites is 1. The number of halogens is 1. The fraction of sp³-hybridized carbons (Fsp3) is 0.227. The van der Waals surface area contributed by atoms with Crippen molar-refractivity contribution in [2.45, 2.75) is 6.92 Å². The topological polar surface area (TPSA) is 115 Å².